The number of amides is 1. The first kappa shape index (κ1) is 17.4. The largest absolute Gasteiger partial charge is 0.342 e. The van der Waals surface area contributed by atoms with Crippen molar-refractivity contribution in [3.05, 3.63) is 34.7 Å². The number of thiophene rings is 1. The van der Waals surface area contributed by atoms with Crippen LogP contribution < -0.4 is 5.73 Å². The van der Waals surface area contributed by atoms with Gasteiger partial charge < -0.3 is 10.6 Å². The normalized spacial score (nSPS) is 21.5. The van der Waals surface area contributed by atoms with Crippen LogP contribution in [0.4, 0.5) is 0 Å². The van der Waals surface area contributed by atoms with Gasteiger partial charge in [-0.25, -0.2) is 0 Å². The molecule has 0 aliphatic carbocycles. The summed E-state index contributed by atoms with van der Waals surface area (Å²) in [5, 5.41) is 1.31. The Hall–Kier alpha value is -1.43. The minimum absolute atomic E-state index is 0.0831. The Morgan fingerprint density at radius 3 is 2.75 bits per heavy atom. The fraction of sp³-hybridized carbons (Fsp3) is 0.526. The summed E-state index contributed by atoms with van der Waals surface area (Å²) in [5.74, 6) is 0.227. The fourth-order valence-corrected chi connectivity index (χ4v) is 4.81. The van der Waals surface area contributed by atoms with Crippen molar-refractivity contribution in [2.45, 2.75) is 45.8 Å². The van der Waals surface area contributed by atoms with Crippen LogP contribution in [0.5, 0.6) is 0 Å². The molecule has 1 fully saturated rings. The number of benzene rings is 1. The summed E-state index contributed by atoms with van der Waals surface area (Å²) >= 11 is 1.83. The molecular formula is C19H27N3OS. The SMILES string of the molecule is CCN(CC)C(=O)[C@@H]1C[C@H](N)CN1Cc1c(C)sc2ccccc12. The van der Waals surface area contributed by atoms with Crippen molar-refractivity contribution in [1.29, 1.82) is 0 Å². The van der Waals surface area contributed by atoms with Gasteiger partial charge in [0.2, 0.25) is 5.91 Å². The van der Waals surface area contributed by atoms with E-state index in [-0.39, 0.29) is 18.0 Å². The Kier molecular flexibility index (Phi) is 5.23. The van der Waals surface area contributed by atoms with Crippen LogP contribution in [0.25, 0.3) is 10.1 Å². The highest BCUT2D eigenvalue weighted by Crippen LogP contribution is 2.33. The predicted octanol–water partition coefficient (Wildman–Crippen LogP) is 2.98. The Morgan fingerprint density at radius 1 is 1.33 bits per heavy atom. The van der Waals surface area contributed by atoms with Gasteiger partial charge in [0.1, 0.15) is 0 Å². The van der Waals surface area contributed by atoms with E-state index in [2.05, 4.69) is 36.1 Å². The van der Waals surface area contributed by atoms with Crippen molar-refractivity contribution >= 4 is 27.3 Å². The van der Waals surface area contributed by atoms with Crippen LogP contribution in [0.15, 0.2) is 24.3 Å². The lowest BCUT2D eigenvalue weighted by molar-refractivity contribution is -0.135. The zero-order valence-corrected chi connectivity index (χ0v) is 15.6. The highest BCUT2D eigenvalue weighted by Gasteiger charge is 2.37. The molecule has 1 amide bonds. The molecule has 0 bridgehead atoms. The van der Waals surface area contributed by atoms with Crippen LogP contribution in [0.1, 0.15) is 30.7 Å². The average Bonchev–Trinajstić information content (AvgIpc) is 3.09. The van der Waals surface area contributed by atoms with E-state index in [0.717, 1.165) is 32.6 Å². The van der Waals surface area contributed by atoms with E-state index in [1.165, 1.54) is 20.5 Å². The number of nitrogens with two attached hydrogens (primary N) is 1. The lowest BCUT2D eigenvalue weighted by Gasteiger charge is -2.29. The smallest absolute Gasteiger partial charge is 0.239 e. The van der Waals surface area contributed by atoms with E-state index in [0.29, 0.717) is 0 Å². The van der Waals surface area contributed by atoms with Crippen LogP contribution in [-0.2, 0) is 11.3 Å². The highest BCUT2D eigenvalue weighted by atomic mass is 32.1. The molecule has 2 aromatic rings. The molecule has 0 saturated carbocycles. The van der Waals surface area contributed by atoms with Gasteiger partial charge in [-0.15, -0.1) is 11.3 Å². The first-order valence-electron chi connectivity index (χ1n) is 8.80. The monoisotopic (exact) mass is 345 g/mol. The summed E-state index contributed by atoms with van der Waals surface area (Å²) in [6.45, 7) is 9.37. The summed E-state index contributed by atoms with van der Waals surface area (Å²) in [5.41, 5.74) is 7.56. The van der Waals surface area contributed by atoms with Crippen LogP contribution in [0.2, 0.25) is 0 Å². The number of likely N-dealkylation sites (N-methyl/N-ethyl adjacent to an activating group) is 1. The third kappa shape index (κ3) is 3.21. The van der Waals surface area contributed by atoms with Crippen molar-refractivity contribution < 1.29 is 4.79 Å². The molecule has 3 rings (SSSR count). The third-order valence-corrected chi connectivity index (χ3v) is 6.19. The van der Waals surface area contributed by atoms with E-state index < -0.39 is 0 Å². The number of nitrogens with zero attached hydrogens (tertiary/aromatic N) is 2. The molecule has 0 radical (unpaired) electrons. The molecule has 5 heteroatoms. The summed E-state index contributed by atoms with van der Waals surface area (Å²) in [7, 11) is 0. The van der Waals surface area contributed by atoms with E-state index in [9.17, 15) is 4.79 Å². The summed E-state index contributed by atoms with van der Waals surface area (Å²) in [6, 6.07) is 8.53. The van der Waals surface area contributed by atoms with Gasteiger partial charge in [-0.2, -0.15) is 0 Å². The van der Waals surface area contributed by atoms with Crippen LogP contribution >= 0.6 is 11.3 Å². The number of carbonyl (C=O) groups is 1. The molecule has 1 aliphatic heterocycles. The molecule has 1 aromatic heterocycles. The second kappa shape index (κ2) is 7.21. The minimum Gasteiger partial charge on any atom is -0.342 e. The first-order chi connectivity index (χ1) is 11.5. The number of hydrogen-bond acceptors (Lipinski definition) is 4. The molecule has 0 spiro atoms. The average molecular weight is 346 g/mol. The number of fused-ring (bicyclic) bond motifs is 1. The Bertz CT molecular complexity index is 722. The quantitative estimate of drug-likeness (QED) is 0.906. The predicted molar refractivity (Wildman–Crippen MR) is 101 cm³/mol. The molecule has 24 heavy (non-hydrogen) atoms. The number of carbonyl (C=O) groups excluding carboxylic acids is 1. The summed E-state index contributed by atoms with van der Waals surface area (Å²) in [4.78, 5) is 18.4. The molecule has 2 atom stereocenters. The maximum atomic E-state index is 12.9. The van der Waals surface area contributed by atoms with Gasteiger partial charge in [0.15, 0.2) is 0 Å². The van der Waals surface area contributed by atoms with E-state index >= 15 is 0 Å². The molecule has 0 unspecified atom stereocenters. The van der Waals surface area contributed by atoms with Gasteiger partial charge in [-0.3, -0.25) is 9.69 Å². The second-order valence-electron chi connectivity index (χ2n) is 6.58. The van der Waals surface area contributed by atoms with Gasteiger partial charge in [0.25, 0.3) is 0 Å². The van der Waals surface area contributed by atoms with Crippen molar-refractivity contribution in [1.82, 2.24) is 9.80 Å². The van der Waals surface area contributed by atoms with E-state index in [1.807, 2.05) is 30.1 Å². The summed E-state index contributed by atoms with van der Waals surface area (Å²) in [6.07, 6.45) is 0.760. The Morgan fingerprint density at radius 2 is 2.04 bits per heavy atom. The fourth-order valence-electron chi connectivity index (χ4n) is 3.74. The third-order valence-electron chi connectivity index (χ3n) is 5.06. The molecule has 1 aliphatic rings. The number of rotatable bonds is 5. The second-order valence-corrected chi connectivity index (χ2v) is 7.84. The molecule has 2 N–H and O–H groups in total. The molecule has 130 valence electrons. The Labute approximate surface area is 148 Å². The van der Waals surface area contributed by atoms with Crippen molar-refractivity contribution in [3.8, 4) is 0 Å². The first-order valence-corrected chi connectivity index (χ1v) is 9.62. The molecule has 1 aromatic carbocycles. The van der Waals surface area contributed by atoms with Crippen LogP contribution in [-0.4, -0.2) is 47.4 Å². The lowest BCUT2D eigenvalue weighted by Crippen LogP contribution is -2.45. The van der Waals surface area contributed by atoms with Crippen molar-refractivity contribution in [2.75, 3.05) is 19.6 Å². The van der Waals surface area contributed by atoms with Gasteiger partial charge >= 0.3 is 0 Å². The van der Waals surface area contributed by atoms with Gasteiger partial charge in [-0.05, 0) is 44.2 Å². The highest BCUT2D eigenvalue weighted by molar-refractivity contribution is 7.19. The minimum atomic E-state index is -0.0852. The van der Waals surface area contributed by atoms with E-state index in [4.69, 9.17) is 5.73 Å². The van der Waals surface area contributed by atoms with Crippen LogP contribution in [0, 0.1) is 6.92 Å². The van der Waals surface area contributed by atoms with E-state index in [1.54, 1.807) is 0 Å². The number of likely N-dealkylation sites (tertiary alicyclic amines) is 1. The molecule has 4 nitrogen and oxygen atoms in total. The topological polar surface area (TPSA) is 49.6 Å². The summed E-state index contributed by atoms with van der Waals surface area (Å²) < 4.78 is 1.32. The number of hydrogen-bond donors (Lipinski definition) is 1. The maximum Gasteiger partial charge on any atom is 0.239 e. The van der Waals surface area contributed by atoms with Crippen molar-refractivity contribution in [3.63, 3.8) is 0 Å². The Balaban J connectivity index is 1.86. The molecular weight excluding hydrogens is 318 g/mol. The van der Waals surface area contributed by atoms with Crippen LogP contribution in [0.3, 0.4) is 0 Å². The standard InChI is InChI=1S/C19H27N3OS/c1-4-21(5-2)19(23)17-10-14(20)11-22(17)12-16-13(3)24-18-9-7-6-8-15(16)18/h6-9,14,17H,4-5,10-12,20H2,1-3H3/t14-,17-/m0/s1. The zero-order valence-electron chi connectivity index (χ0n) is 14.8. The van der Waals surface area contributed by atoms with Crippen molar-refractivity contribution in [2.24, 2.45) is 5.73 Å². The van der Waals surface area contributed by atoms with Gasteiger partial charge in [0, 0.05) is 41.8 Å². The lowest BCUT2D eigenvalue weighted by atomic mass is 10.1. The van der Waals surface area contributed by atoms with Gasteiger partial charge in [0.05, 0.1) is 6.04 Å². The molecule has 1 saturated heterocycles. The van der Waals surface area contributed by atoms with Gasteiger partial charge in [-0.1, -0.05) is 18.2 Å². The maximum absolute atomic E-state index is 12.9. The molecule has 2 heterocycles. The zero-order chi connectivity index (χ0) is 17.3. The number of aryl methyl sites for hydroxylation is 1.